The summed E-state index contributed by atoms with van der Waals surface area (Å²) in [6.07, 6.45) is 3.50. The molecule has 4 nitrogen and oxygen atoms in total. The molecule has 1 amide bonds. The maximum absolute atomic E-state index is 13.4. The van der Waals surface area contributed by atoms with Crippen molar-refractivity contribution in [3.05, 3.63) is 83.4 Å². The van der Waals surface area contributed by atoms with E-state index in [1.54, 1.807) is 24.4 Å². The molecule has 0 aliphatic heterocycles. The van der Waals surface area contributed by atoms with Crippen LogP contribution in [0, 0.1) is 11.6 Å². The van der Waals surface area contributed by atoms with Crippen LogP contribution < -0.4 is 5.73 Å². The van der Waals surface area contributed by atoms with Gasteiger partial charge in [-0.05, 0) is 41.8 Å². The van der Waals surface area contributed by atoms with Gasteiger partial charge in [0.2, 0.25) is 5.91 Å². The van der Waals surface area contributed by atoms with Gasteiger partial charge in [0.05, 0.1) is 5.69 Å². The predicted molar refractivity (Wildman–Crippen MR) is 94.5 cm³/mol. The molecule has 1 atom stereocenters. The van der Waals surface area contributed by atoms with Crippen molar-refractivity contribution in [1.82, 2.24) is 9.97 Å². The smallest absolute Gasteiger partial charge is 0.248 e. The molecule has 2 aromatic carbocycles. The number of nitrogens with zero attached hydrogens (tertiary/aromatic N) is 2. The lowest BCUT2D eigenvalue weighted by atomic mass is 9.92. The standard InChI is InChI=1S/C20H17F2N3O/c1-12(5-13-6-16(21)9-17(22)7-13)19-18(10-24-11-25-19)14-3-2-4-15(8-14)20(23)26/h2-4,6-12H,5H2,1H3,(H2,23,26). The van der Waals surface area contributed by atoms with Gasteiger partial charge in [0, 0.05) is 29.3 Å². The Morgan fingerprint density at radius 3 is 2.58 bits per heavy atom. The van der Waals surface area contributed by atoms with Crippen LogP contribution in [0.4, 0.5) is 8.78 Å². The zero-order valence-electron chi connectivity index (χ0n) is 14.1. The first kappa shape index (κ1) is 17.7. The summed E-state index contributed by atoms with van der Waals surface area (Å²) in [6, 6.07) is 10.4. The van der Waals surface area contributed by atoms with Gasteiger partial charge in [0.1, 0.15) is 18.0 Å². The van der Waals surface area contributed by atoms with Gasteiger partial charge in [0.25, 0.3) is 0 Å². The predicted octanol–water partition coefficient (Wildman–Crippen LogP) is 3.87. The second-order valence-electron chi connectivity index (χ2n) is 6.15. The molecule has 3 aromatic rings. The number of aromatic nitrogens is 2. The summed E-state index contributed by atoms with van der Waals surface area (Å²) in [5.41, 5.74) is 8.52. The van der Waals surface area contributed by atoms with Crippen LogP contribution in [0.25, 0.3) is 11.1 Å². The molecular weight excluding hydrogens is 336 g/mol. The van der Waals surface area contributed by atoms with Crippen molar-refractivity contribution in [2.24, 2.45) is 5.73 Å². The maximum atomic E-state index is 13.4. The lowest BCUT2D eigenvalue weighted by molar-refractivity contribution is 0.100. The van der Waals surface area contributed by atoms with E-state index in [-0.39, 0.29) is 5.92 Å². The van der Waals surface area contributed by atoms with Crippen LogP contribution in [0.2, 0.25) is 0 Å². The molecule has 0 radical (unpaired) electrons. The molecule has 26 heavy (non-hydrogen) atoms. The second kappa shape index (κ2) is 7.39. The van der Waals surface area contributed by atoms with E-state index in [0.717, 1.165) is 22.9 Å². The van der Waals surface area contributed by atoms with Crippen LogP contribution in [0.3, 0.4) is 0 Å². The number of carbonyl (C=O) groups is 1. The molecule has 0 saturated carbocycles. The van der Waals surface area contributed by atoms with E-state index in [4.69, 9.17) is 5.73 Å². The summed E-state index contributed by atoms with van der Waals surface area (Å²) in [4.78, 5) is 19.9. The lowest BCUT2D eigenvalue weighted by Crippen LogP contribution is -2.11. The van der Waals surface area contributed by atoms with Gasteiger partial charge < -0.3 is 5.73 Å². The SMILES string of the molecule is CC(Cc1cc(F)cc(F)c1)c1ncncc1-c1cccc(C(N)=O)c1. The van der Waals surface area contributed by atoms with Crippen LogP contribution in [0.15, 0.2) is 55.0 Å². The summed E-state index contributed by atoms with van der Waals surface area (Å²) >= 11 is 0. The number of amides is 1. The average Bonchev–Trinajstić information content (AvgIpc) is 2.61. The molecule has 2 N–H and O–H groups in total. The van der Waals surface area contributed by atoms with E-state index < -0.39 is 17.5 Å². The van der Waals surface area contributed by atoms with E-state index in [1.165, 1.54) is 18.5 Å². The monoisotopic (exact) mass is 353 g/mol. The van der Waals surface area contributed by atoms with Crippen LogP contribution >= 0.6 is 0 Å². The van der Waals surface area contributed by atoms with Crippen molar-refractivity contribution in [1.29, 1.82) is 0 Å². The van der Waals surface area contributed by atoms with Gasteiger partial charge in [0.15, 0.2) is 0 Å². The minimum Gasteiger partial charge on any atom is -0.366 e. The van der Waals surface area contributed by atoms with Crippen LogP contribution in [0.1, 0.15) is 34.5 Å². The van der Waals surface area contributed by atoms with E-state index in [2.05, 4.69) is 9.97 Å². The zero-order chi connectivity index (χ0) is 18.7. The summed E-state index contributed by atoms with van der Waals surface area (Å²) in [6.45, 7) is 1.92. The fourth-order valence-electron chi connectivity index (χ4n) is 2.97. The van der Waals surface area contributed by atoms with Crippen LogP contribution in [-0.4, -0.2) is 15.9 Å². The van der Waals surface area contributed by atoms with Gasteiger partial charge in [-0.3, -0.25) is 4.79 Å². The third-order valence-corrected chi connectivity index (χ3v) is 4.13. The molecule has 132 valence electrons. The van der Waals surface area contributed by atoms with Crippen molar-refractivity contribution in [2.75, 3.05) is 0 Å². The Bertz CT molecular complexity index is 939. The summed E-state index contributed by atoms with van der Waals surface area (Å²) < 4.78 is 26.9. The number of primary amides is 1. The number of hydrogen-bond acceptors (Lipinski definition) is 3. The molecule has 6 heteroatoms. The fraction of sp³-hybridized carbons (Fsp3) is 0.150. The number of benzene rings is 2. The maximum Gasteiger partial charge on any atom is 0.248 e. The van der Waals surface area contributed by atoms with Crippen molar-refractivity contribution < 1.29 is 13.6 Å². The molecule has 0 aliphatic rings. The highest BCUT2D eigenvalue weighted by Gasteiger charge is 2.16. The average molecular weight is 353 g/mol. The molecule has 1 unspecified atom stereocenters. The van der Waals surface area contributed by atoms with E-state index in [0.29, 0.717) is 17.5 Å². The molecule has 3 rings (SSSR count). The summed E-state index contributed by atoms with van der Waals surface area (Å²) in [7, 11) is 0. The summed E-state index contributed by atoms with van der Waals surface area (Å²) in [5, 5.41) is 0. The number of nitrogens with two attached hydrogens (primary N) is 1. The quantitative estimate of drug-likeness (QED) is 0.757. The van der Waals surface area contributed by atoms with Gasteiger partial charge >= 0.3 is 0 Å². The first-order valence-corrected chi connectivity index (χ1v) is 8.09. The highest BCUT2D eigenvalue weighted by molar-refractivity contribution is 5.94. The zero-order valence-corrected chi connectivity index (χ0v) is 14.1. The lowest BCUT2D eigenvalue weighted by Gasteiger charge is -2.15. The van der Waals surface area contributed by atoms with E-state index in [1.807, 2.05) is 13.0 Å². The normalized spacial score (nSPS) is 12.0. The third-order valence-electron chi connectivity index (χ3n) is 4.13. The van der Waals surface area contributed by atoms with Gasteiger partial charge in [-0.15, -0.1) is 0 Å². The van der Waals surface area contributed by atoms with Crippen LogP contribution in [-0.2, 0) is 6.42 Å². The molecule has 0 spiro atoms. The Balaban J connectivity index is 1.96. The highest BCUT2D eigenvalue weighted by Crippen LogP contribution is 2.29. The number of hydrogen-bond donors (Lipinski definition) is 1. The third kappa shape index (κ3) is 3.91. The molecular formula is C20H17F2N3O. The van der Waals surface area contributed by atoms with Crippen molar-refractivity contribution in [3.8, 4) is 11.1 Å². The molecule has 1 aromatic heterocycles. The van der Waals surface area contributed by atoms with Crippen LogP contribution in [0.5, 0.6) is 0 Å². The van der Waals surface area contributed by atoms with E-state index >= 15 is 0 Å². The van der Waals surface area contributed by atoms with Crippen molar-refractivity contribution >= 4 is 5.91 Å². The Morgan fingerprint density at radius 2 is 1.88 bits per heavy atom. The summed E-state index contributed by atoms with van der Waals surface area (Å²) in [5.74, 6) is -1.85. The first-order chi connectivity index (χ1) is 12.4. The van der Waals surface area contributed by atoms with Crippen molar-refractivity contribution in [3.63, 3.8) is 0 Å². The topological polar surface area (TPSA) is 68.9 Å². The van der Waals surface area contributed by atoms with Gasteiger partial charge in [-0.1, -0.05) is 19.1 Å². The molecule has 0 aliphatic carbocycles. The van der Waals surface area contributed by atoms with Crippen molar-refractivity contribution in [2.45, 2.75) is 19.3 Å². The first-order valence-electron chi connectivity index (χ1n) is 8.09. The number of halogens is 2. The minimum absolute atomic E-state index is 0.119. The fourth-order valence-corrected chi connectivity index (χ4v) is 2.97. The minimum atomic E-state index is -0.607. The highest BCUT2D eigenvalue weighted by atomic mass is 19.1. The number of carbonyl (C=O) groups excluding carboxylic acids is 1. The Hall–Kier alpha value is -3.15. The van der Waals surface area contributed by atoms with Gasteiger partial charge in [-0.2, -0.15) is 0 Å². The second-order valence-corrected chi connectivity index (χ2v) is 6.15. The van der Waals surface area contributed by atoms with E-state index in [9.17, 15) is 13.6 Å². The largest absolute Gasteiger partial charge is 0.366 e. The Labute approximate surface area is 149 Å². The molecule has 1 heterocycles. The Kier molecular flexibility index (Phi) is 5.02. The molecule has 0 saturated heterocycles. The van der Waals surface area contributed by atoms with Gasteiger partial charge in [-0.25, -0.2) is 18.7 Å². The molecule has 0 fully saturated rings. The molecule has 0 bridgehead atoms. The number of rotatable bonds is 5. The Morgan fingerprint density at radius 1 is 1.15 bits per heavy atom.